The largest absolute Gasteiger partial charge is 0.481 e. The number of rotatable bonds is 5. The molecule has 0 atom stereocenters. The van der Waals surface area contributed by atoms with Crippen LogP contribution in [0.5, 0.6) is 5.88 Å². The SMILES string of the molecule is CCCNC(=O)c1nnc2c(-c3ccc(OC)nc3C)cccc2c1N. The van der Waals surface area contributed by atoms with Crippen LogP contribution in [0.15, 0.2) is 30.3 Å². The van der Waals surface area contributed by atoms with Gasteiger partial charge >= 0.3 is 0 Å². The predicted octanol–water partition coefficient (Wildman–Crippen LogP) is 2.73. The number of aryl methyl sites for hydroxylation is 1. The van der Waals surface area contributed by atoms with Crippen LogP contribution in [0.3, 0.4) is 0 Å². The van der Waals surface area contributed by atoms with Crippen molar-refractivity contribution in [2.45, 2.75) is 20.3 Å². The molecule has 3 rings (SSSR count). The molecule has 0 aliphatic heterocycles. The summed E-state index contributed by atoms with van der Waals surface area (Å²) in [5.74, 6) is 0.235. The van der Waals surface area contributed by atoms with Crippen LogP contribution in [-0.2, 0) is 0 Å². The third-order valence-electron chi connectivity index (χ3n) is 4.14. The van der Waals surface area contributed by atoms with E-state index in [0.717, 1.165) is 23.2 Å². The first-order valence-electron chi connectivity index (χ1n) is 8.41. The first-order chi connectivity index (χ1) is 12.6. The molecule has 3 N–H and O–H groups in total. The molecule has 1 amide bonds. The van der Waals surface area contributed by atoms with Crippen LogP contribution in [-0.4, -0.2) is 34.7 Å². The van der Waals surface area contributed by atoms with Gasteiger partial charge in [0.15, 0.2) is 5.69 Å². The average Bonchev–Trinajstić information content (AvgIpc) is 2.66. The number of carbonyl (C=O) groups excluding carboxylic acids is 1. The molecule has 0 aliphatic rings. The Morgan fingerprint density at radius 2 is 2.00 bits per heavy atom. The predicted molar refractivity (Wildman–Crippen MR) is 101 cm³/mol. The second-order valence-electron chi connectivity index (χ2n) is 5.91. The van der Waals surface area contributed by atoms with E-state index in [1.54, 1.807) is 13.2 Å². The lowest BCUT2D eigenvalue weighted by molar-refractivity contribution is 0.0949. The molecule has 0 bridgehead atoms. The Kier molecular flexibility index (Phi) is 4.97. The van der Waals surface area contributed by atoms with Gasteiger partial charge in [-0.15, -0.1) is 10.2 Å². The van der Waals surface area contributed by atoms with E-state index in [2.05, 4.69) is 20.5 Å². The maximum absolute atomic E-state index is 12.2. The van der Waals surface area contributed by atoms with Gasteiger partial charge in [-0.25, -0.2) is 4.98 Å². The zero-order chi connectivity index (χ0) is 18.7. The van der Waals surface area contributed by atoms with Crippen molar-refractivity contribution in [1.29, 1.82) is 0 Å². The zero-order valence-corrected chi connectivity index (χ0v) is 15.0. The normalized spacial score (nSPS) is 10.7. The molecular weight excluding hydrogens is 330 g/mol. The van der Waals surface area contributed by atoms with Crippen LogP contribution in [0.1, 0.15) is 29.5 Å². The van der Waals surface area contributed by atoms with E-state index in [1.807, 2.05) is 38.1 Å². The summed E-state index contributed by atoms with van der Waals surface area (Å²) in [6.07, 6.45) is 0.834. The Hall–Kier alpha value is -3.22. The number of hydrogen-bond donors (Lipinski definition) is 2. The lowest BCUT2D eigenvalue weighted by Gasteiger charge is -2.12. The Morgan fingerprint density at radius 1 is 1.19 bits per heavy atom. The van der Waals surface area contributed by atoms with Gasteiger partial charge in [0.05, 0.1) is 12.8 Å². The van der Waals surface area contributed by atoms with Crippen LogP contribution in [0.4, 0.5) is 5.69 Å². The first kappa shape index (κ1) is 17.6. The zero-order valence-electron chi connectivity index (χ0n) is 15.0. The fourth-order valence-electron chi connectivity index (χ4n) is 2.79. The summed E-state index contributed by atoms with van der Waals surface area (Å²) >= 11 is 0. The highest BCUT2D eigenvalue weighted by Gasteiger charge is 2.17. The highest BCUT2D eigenvalue weighted by Crippen LogP contribution is 2.32. The smallest absolute Gasteiger partial charge is 0.273 e. The van der Waals surface area contributed by atoms with Crippen LogP contribution in [0.25, 0.3) is 22.0 Å². The third kappa shape index (κ3) is 3.15. The highest BCUT2D eigenvalue weighted by molar-refractivity contribution is 6.07. The number of pyridine rings is 1. The molecule has 2 heterocycles. The second-order valence-corrected chi connectivity index (χ2v) is 5.91. The van der Waals surface area contributed by atoms with Crippen molar-refractivity contribution in [2.24, 2.45) is 0 Å². The van der Waals surface area contributed by atoms with Crippen LogP contribution >= 0.6 is 0 Å². The summed E-state index contributed by atoms with van der Waals surface area (Å²) in [6, 6.07) is 9.38. The van der Waals surface area contributed by atoms with Crippen molar-refractivity contribution < 1.29 is 9.53 Å². The monoisotopic (exact) mass is 351 g/mol. The van der Waals surface area contributed by atoms with Crippen LogP contribution in [0.2, 0.25) is 0 Å². The molecule has 0 fully saturated rings. The van der Waals surface area contributed by atoms with Gasteiger partial charge in [0.25, 0.3) is 5.91 Å². The Balaban J connectivity index is 2.12. The summed E-state index contributed by atoms with van der Waals surface area (Å²) in [5, 5.41) is 11.8. The summed E-state index contributed by atoms with van der Waals surface area (Å²) in [4.78, 5) is 16.6. The molecule has 7 nitrogen and oxygen atoms in total. The van der Waals surface area contributed by atoms with Crippen molar-refractivity contribution in [3.05, 3.63) is 41.7 Å². The molecule has 3 aromatic rings. The van der Waals surface area contributed by atoms with Crippen molar-refractivity contribution in [3.63, 3.8) is 0 Å². The third-order valence-corrected chi connectivity index (χ3v) is 4.14. The number of anilines is 1. The van der Waals surface area contributed by atoms with E-state index in [0.29, 0.717) is 29.0 Å². The number of hydrogen-bond acceptors (Lipinski definition) is 6. The number of methoxy groups -OCH3 is 1. The molecule has 0 unspecified atom stereocenters. The molecule has 0 radical (unpaired) electrons. The van der Waals surface area contributed by atoms with Gasteiger partial charge in [-0.1, -0.05) is 25.1 Å². The van der Waals surface area contributed by atoms with E-state index in [9.17, 15) is 4.79 Å². The van der Waals surface area contributed by atoms with Gasteiger partial charge in [-0.3, -0.25) is 4.79 Å². The average molecular weight is 351 g/mol. The summed E-state index contributed by atoms with van der Waals surface area (Å²) in [7, 11) is 1.58. The maximum atomic E-state index is 12.2. The number of nitrogens with zero attached hydrogens (tertiary/aromatic N) is 3. The molecule has 2 aromatic heterocycles. The molecular formula is C19H21N5O2. The van der Waals surface area contributed by atoms with Crippen molar-refractivity contribution >= 4 is 22.5 Å². The minimum absolute atomic E-state index is 0.146. The van der Waals surface area contributed by atoms with Gasteiger partial charge in [0.1, 0.15) is 5.52 Å². The minimum atomic E-state index is -0.313. The van der Waals surface area contributed by atoms with Crippen molar-refractivity contribution in [2.75, 3.05) is 19.4 Å². The topological polar surface area (TPSA) is 103 Å². The minimum Gasteiger partial charge on any atom is -0.481 e. The summed E-state index contributed by atoms with van der Waals surface area (Å²) in [5.41, 5.74) is 9.90. The molecule has 0 aliphatic carbocycles. The molecule has 7 heteroatoms. The van der Waals surface area contributed by atoms with E-state index >= 15 is 0 Å². The van der Waals surface area contributed by atoms with Gasteiger partial charge in [-0.2, -0.15) is 0 Å². The first-order valence-corrected chi connectivity index (χ1v) is 8.41. The van der Waals surface area contributed by atoms with Crippen molar-refractivity contribution in [1.82, 2.24) is 20.5 Å². The van der Waals surface area contributed by atoms with Gasteiger partial charge < -0.3 is 15.8 Å². The molecule has 26 heavy (non-hydrogen) atoms. The number of aromatic nitrogens is 3. The summed E-state index contributed by atoms with van der Waals surface area (Å²) in [6.45, 7) is 4.45. The summed E-state index contributed by atoms with van der Waals surface area (Å²) < 4.78 is 5.16. The number of ether oxygens (including phenoxy) is 1. The molecule has 0 spiro atoms. The highest BCUT2D eigenvalue weighted by atomic mass is 16.5. The number of amides is 1. The number of carbonyl (C=O) groups is 1. The molecule has 1 aromatic carbocycles. The lowest BCUT2D eigenvalue weighted by atomic mass is 10.00. The molecule has 134 valence electrons. The van der Waals surface area contributed by atoms with Gasteiger partial charge in [-0.05, 0) is 19.4 Å². The van der Waals surface area contributed by atoms with E-state index < -0.39 is 0 Å². The van der Waals surface area contributed by atoms with E-state index in [1.165, 1.54) is 0 Å². The quantitative estimate of drug-likeness (QED) is 0.732. The number of nitrogens with two attached hydrogens (primary N) is 1. The Bertz CT molecular complexity index is 972. The second kappa shape index (κ2) is 7.35. The van der Waals surface area contributed by atoms with Gasteiger partial charge in [0, 0.05) is 34.8 Å². The fourth-order valence-corrected chi connectivity index (χ4v) is 2.79. The molecule has 0 saturated carbocycles. The number of benzene rings is 1. The van der Waals surface area contributed by atoms with E-state index in [-0.39, 0.29) is 11.6 Å². The number of nitrogen functional groups attached to an aromatic ring is 1. The fraction of sp³-hybridized carbons (Fsp3) is 0.263. The standard InChI is InChI=1S/C19H21N5O2/c1-4-10-21-19(25)18-16(20)14-7-5-6-13(17(14)23-24-18)12-8-9-15(26-3)22-11(12)2/h5-9H,4,10H2,1-3H3,(H2,20,23)(H,21,25). The number of nitrogens with one attached hydrogen (secondary N) is 1. The number of fused-ring (bicyclic) bond motifs is 1. The van der Waals surface area contributed by atoms with E-state index in [4.69, 9.17) is 10.5 Å². The van der Waals surface area contributed by atoms with Gasteiger partial charge in [0.2, 0.25) is 5.88 Å². The van der Waals surface area contributed by atoms with Crippen LogP contribution < -0.4 is 15.8 Å². The Morgan fingerprint density at radius 3 is 2.69 bits per heavy atom. The Labute approximate surface area is 151 Å². The molecule has 0 saturated heterocycles. The van der Waals surface area contributed by atoms with Crippen molar-refractivity contribution in [3.8, 4) is 17.0 Å². The lowest BCUT2D eigenvalue weighted by Crippen LogP contribution is -2.26. The van der Waals surface area contributed by atoms with Crippen LogP contribution in [0, 0.1) is 6.92 Å². The maximum Gasteiger partial charge on any atom is 0.273 e.